The smallest absolute Gasteiger partial charge is 0.338 e. The van der Waals surface area contributed by atoms with E-state index >= 15 is 0 Å². The second kappa shape index (κ2) is 4.59. The van der Waals surface area contributed by atoms with E-state index in [1.807, 2.05) is 0 Å². The largest absolute Gasteiger partial charge is 0.465 e. The predicted octanol–water partition coefficient (Wildman–Crippen LogP) is 1.74. The maximum absolute atomic E-state index is 11.3. The SMILES string of the molecule is COC(=O)c1cccc(NC(C)=O)c1C. The minimum Gasteiger partial charge on any atom is -0.465 e. The van der Waals surface area contributed by atoms with E-state index in [4.69, 9.17) is 0 Å². The maximum Gasteiger partial charge on any atom is 0.338 e. The number of hydrogen-bond donors (Lipinski definition) is 1. The van der Waals surface area contributed by atoms with E-state index in [-0.39, 0.29) is 5.91 Å². The van der Waals surface area contributed by atoms with Gasteiger partial charge in [0.05, 0.1) is 12.7 Å². The van der Waals surface area contributed by atoms with Crippen molar-refractivity contribution in [1.29, 1.82) is 0 Å². The third-order valence-corrected chi connectivity index (χ3v) is 2.05. The van der Waals surface area contributed by atoms with Gasteiger partial charge >= 0.3 is 5.97 Å². The van der Waals surface area contributed by atoms with Crippen molar-refractivity contribution in [2.24, 2.45) is 0 Å². The van der Waals surface area contributed by atoms with Gasteiger partial charge in [0.1, 0.15) is 0 Å². The zero-order chi connectivity index (χ0) is 11.4. The first-order valence-corrected chi connectivity index (χ1v) is 4.51. The van der Waals surface area contributed by atoms with E-state index in [0.29, 0.717) is 16.8 Å². The van der Waals surface area contributed by atoms with Crippen LogP contribution in [0.2, 0.25) is 0 Å². The summed E-state index contributed by atoms with van der Waals surface area (Å²) in [5.74, 6) is -0.570. The third-order valence-electron chi connectivity index (χ3n) is 2.05. The van der Waals surface area contributed by atoms with Crippen LogP contribution < -0.4 is 5.32 Å². The van der Waals surface area contributed by atoms with Gasteiger partial charge in [0.25, 0.3) is 0 Å². The molecule has 0 atom stereocenters. The summed E-state index contributed by atoms with van der Waals surface area (Å²) in [4.78, 5) is 22.2. The van der Waals surface area contributed by atoms with Crippen LogP contribution in [-0.2, 0) is 9.53 Å². The van der Waals surface area contributed by atoms with Crippen LogP contribution in [0.25, 0.3) is 0 Å². The summed E-state index contributed by atoms with van der Waals surface area (Å²) in [7, 11) is 1.33. The Morgan fingerprint density at radius 1 is 1.33 bits per heavy atom. The Morgan fingerprint density at radius 2 is 2.00 bits per heavy atom. The normalized spacial score (nSPS) is 9.53. The van der Waals surface area contributed by atoms with Crippen LogP contribution in [0.5, 0.6) is 0 Å². The number of anilines is 1. The quantitative estimate of drug-likeness (QED) is 0.751. The van der Waals surface area contributed by atoms with Gasteiger partial charge in [0, 0.05) is 12.6 Å². The molecule has 1 aromatic rings. The monoisotopic (exact) mass is 207 g/mol. The van der Waals surface area contributed by atoms with Crippen molar-refractivity contribution in [3.8, 4) is 0 Å². The molecule has 0 radical (unpaired) electrons. The van der Waals surface area contributed by atoms with Crippen molar-refractivity contribution < 1.29 is 14.3 Å². The molecular weight excluding hydrogens is 194 g/mol. The van der Waals surface area contributed by atoms with E-state index in [2.05, 4.69) is 10.1 Å². The Morgan fingerprint density at radius 3 is 2.53 bits per heavy atom. The van der Waals surface area contributed by atoms with Crippen LogP contribution in [0.15, 0.2) is 18.2 Å². The predicted molar refractivity (Wildman–Crippen MR) is 56.8 cm³/mol. The fraction of sp³-hybridized carbons (Fsp3) is 0.273. The van der Waals surface area contributed by atoms with Gasteiger partial charge in [-0.05, 0) is 24.6 Å². The molecule has 0 aliphatic carbocycles. The average Bonchev–Trinajstić information content (AvgIpc) is 2.19. The highest BCUT2D eigenvalue weighted by atomic mass is 16.5. The molecule has 1 amide bonds. The molecule has 0 bridgehead atoms. The average molecular weight is 207 g/mol. The number of amides is 1. The molecule has 0 saturated heterocycles. The minimum absolute atomic E-state index is 0.167. The van der Waals surface area contributed by atoms with Gasteiger partial charge in [-0.2, -0.15) is 0 Å². The lowest BCUT2D eigenvalue weighted by Crippen LogP contribution is -2.10. The van der Waals surface area contributed by atoms with Gasteiger partial charge < -0.3 is 10.1 Å². The lowest BCUT2D eigenvalue weighted by molar-refractivity contribution is -0.114. The van der Waals surface area contributed by atoms with E-state index in [0.717, 1.165) is 0 Å². The molecular formula is C11H13NO3. The molecule has 1 rings (SSSR count). The van der Waals surface area contributed by atoms with E-state index in [1.165, 1.54) is 14.0 Å². The molecule has 80 valence electrons. The minimum atomic E-state index is -0.403. The molecule has 1 N–H and O–H groups in total. The number of nitrogens with one attached hydrogen (secondary N) is 1. The molecule has 4 nitrogen and oxygen atoms in total. The van der Waals surface area contributed by atoms with Crippen LogP contribution in [0.1, 0.15) is 22.8 Å². The van der Waals surface area contributed by atoms with Crippen LogP contribution in [0.3, 0.4) is 0 Å². The van der Waals surface area contributed by atoms with Crippen molar-refractivity contribution >= 4 is 17.6 Å². The number of hydrogen-bond acceptors (Lipinski definition) is 3. The fourth-order valence-corrected chi connectivity index (χ4v) is 1.29. The van der Waals surface area contributed by atoms with Crippen molar-refractivity contribution in [2.75, 3.05) is 12.4 Å². The maximum atomic E-state index is 11.3. The highest BCUT2D eigenvalue weighted by Gasteiger charge is 2.11. The van der Waals surface area contributed by atoms with Gasteiger partial charge in [-0.3, -0.25) is 4.79 Å². The number of benzene rings is 1. The van der Waals surface area contributed by atoms with Crippen LogP contribution in [-0.4, -0.2) is 19.0 Å². The summed E-state index contributed by atoms with van der Waals surface area (Å²) in [6.45, 7) is 3.18. The second-order valence-electron chi connectivity index (χ2n) is 3.15. The zero-order valence-electron chi connectivity index (χ0n) is 8.96. The molecule has 0 fully saturated rings. The fourth-order valence-electron chi connectivity index (χ4n) is 1.29. The molecule has 0 unspecified atom stereocenters. The van der Waals surface area contributed by atoms with E-state index < -0.39 is 5.97 Å². The first-order valence-electron chi connectivity index (χ1n) is 4.51. The standard InChI is InChI=1S/C11H13NO3/c1-7-9(11(14)15-3)5-4-6-10(7)12-8(2)13/h4-6H,1-3H3,(H,12,13). The molecule has 0 saturated carbocycles. The Balaban J connectivity index is 3.11. The van der Waals surface area contributed by atoms with Gasteiger partial charge in [-0.15, -0.1) is 0 Å². The molecule has 15 heavy (non-hydrogen) atoms. The lowest BCUT2D eigenvalue weighted by Gasteiger charge is -2.09. The van der Waals surface area contributed by atoms with Gasteiger partial charge in [0.2, 0.25) is 5.91 Å². The summed E-state index contributed by atoms with van der Waals surface area (Å²) < 4.78 is 4.63. The molecule has 4 heteroatoms. The number of esters is 1. The summed E-state index contributed by atoms with van der Waals surface area (Å²) in [6, 6.07) is 5.10. The first kappa shape index (κ1) is 11.2. The molecule has 1 aromatic carbocycles. The Kier molecular flexibility index (Phi) is 3.44. The summed E-state index contributed by atoms with van der Waals surface area (Å²) >= 11 is 0. The Hall–Kier alpha value is -1.84. The summed E-state index contributed by atoms with van der Waals surface area (Å²) in [5.41, 5.74) is 1.80. The Bertz CT molecular complexity index is 399. The van der Waals surface area contributed by atoms with E-state index in [9.17, 15) is 9.59 Å². The van der Waals surface area contributed by atoms with Gasteiger partial charge in [-0.25, -0.2) is 4.79 Å². The van der Waals surface area contributed by atoms with Crippen LogP contribution in [0, 0.1) is 6.92 Å². The van der Waals surface area contributed by atoms with Crippen molar-refractivity contribution in [3.63, 3.8) is 0 Å². The molecule has 0 aliphatic heterocycles. The van der Waals surface area contributed by atoms with Gasteiger partial charge in [0.15, 0.2) is 0 Å². The Labute approximate surface area is 88.2 Å². The number of methoxy groups -OCH3 is 1. The third kappa shape index (κ3) is 2.56. The highest BCUT2D eigenvalue weighted by molar-refractivity contribution is 5.95. The number of rotatable bonds is 2. The lowest BCUT2D eigenvalue weighted by atomic mass is 10.1. The number of carbonyl (C=O) groups excluding carboxylic acids is 2. The second-order valence-corrected chi connectivity index (χ2v) is 3.15. The zero-order valence-corrected chi connectivity index (χ0v) is 8.96. The van der Waals surface area contributed by atoms with Crippen molar-refractivity contribution in [2.45, 2.75) is 13.8 Å². The van der Waals surface area contributed by atoms with Crippen molar-refractivity contribution in [1.82, 2.24) is 0 Å². The van der Waals surface area contributed by atoms with Gasteiger partial charge in [-0.1, -0.05) is 6.07 Å². The molecule has 0 aliphatic rings. The summed E-state index contributed by atoms with van der Waals surface area (Å²) in [6.07, 6.45) is 0. The van der Waals surface area contributed by atoms with Crippen LogP contribution >= 0.6 is 0 Å². The first-order chi connectivity index (χ1) is 7.06. The highest BCUT2D eigenvalue weighted by Crippen LogP contribution is 2.19. The topological polar surface area (TPSA) is 55.4 Å². The number of ether oxygens (including phenoxy) is 1. The van der Waals surface area contributed by atoms with Crippen LogP contribution in [0.4, 0.5) is 5.69 Å². The molecule has 0 heterocycles. The summed E-state index contributed by atoms with van der Waals surface area (Å²) in [5, 5.41) is 2.65. The van der Waals surface area contributed by atoms with E-state index in [1.54, 1.807) is 25.1 Å². The molecule has 0 aromatic heterocycles. The molecule has 0 spiro atoms. The van der Waals surface area contributed by atoms with Crippen molar-refractivity contribution in [3.05, 3.63) is 29.3 Å². The number of carbonyl (C=O) groups is 2.